The molecule has 0 aliphatic rings. The molecule has 0 heteroatoms. The summed E-state index contributed by atoms with van der Waals surface area (Å²) in [6.07, 6.45) is 5.29. The van der Waals surface area contributed by atoms with Crippen LogP contribution in [0.15, 0.2) is 24.3 Å². The molecule has 0 saturated carbocycles. The molecule has 0 nitrogen and oxygen atoms in total. The summed E-state index contributed by atoms with van der Waals surface area (Å²) in [5.74, 6) is 0. The van der Waals surface area contributed by atoms with Gasteiger partial charge in [0, 0.05) is 0 Å². The zero-order chi connectivity index (χ0) is 11.4. The van der Waals surface area contributed by atoms with Crippen LogP contribution in [0, 0.1) is 13.8 Å². The summed E-state index contributed by atoms with van der Waals surface area (Å²) in [4.78, 5) is 0. The summed E-state index contributed by atoms with van der Waals surface area (Å²) in [7, 11) is 0. The van der Waals surface area contributed by atoms with Crippen LogP contribution in [-0.4, -0.2) is 0 Å². The first-order chi connectivity index (χ1) is 7.08. The lowest BCUT2D eigenvalue weighted by Crippen LogP contribution is -1.88. The van der Waals surface area contributed by atoms with E-state index in [2.05, 4.69) is 52.5 Å². The van der Waals surface area contributed by atoms with Gasteiger partial charge >= 0.3 is 0 Å². The fraction of sp³-hybridized carbons (Fsp3) is 0.333. The number of benzene rings is 1. The molecule has 1 rings (SSSR count). The van der Waals surface area contributed by atoms with Gasteiger partial charge in [-0.1, -0.05) is 43.4 Å². The van der Waals surface area contributed by atoms with Crippen LogP contribution in [0.25, 0.3) is 12.2 Å². The average Bonchev–Trinajstić information content (AvgIpc) is 2.22. The van der Waals surface area contributed by atoms with Crippen molar-refractivity contribution in [1.82, 2.24) is 0 Å². The van der Waals surface area contributed by atoms with Crippen molar-refractivity contribution < 1.29 is 0 Å². The highest BCUT2D eigenvalue weighted by atomic mass is 14.1. The Kier molecular flexibility index (Phi) is 3.90. The van der Waals surface area contributed by atoms with E-state index < -0.39 is 0 Å². The molecular formula is C15H20. The number of allylic oxidation sites excluding steroid dienone is 1. The van der Waals surface area contributed by atoms with Crippen molar-refractivity contribution in [1.29, 1.82) is 0 Å². The summed E-state index contributed by atoms with van der Waals surface area (Å²) < 4.78 is 0. The molecule has 0 saturated heterocycles. The number of rotatable bonds is 3. The van der Waals surface area contributed by atoms with Crippen LogP contribution in [0.3, 0.4) is 0 Å². The first-order valence-corrected chi connectivity index (χ1v) is 5.49. The van der Waals surface area contributed by atoms with E-state index in [0.29, 0.717) is 0 Å². The van der Waals surface area contributed by atoms with Gasteiger partial charge in [0.05, 0.1) is 0 Å². The first kappa shape index (κ1) is 11.8. The Bertz CT molecular complexity index is 395. The van der Waals surface area contributed by atoms with Crippen LogP contribution in [0.2, 0.25) is 0 Å². The van der Waals surface area contributed by atoms with Gasteiger partial charge in [-0.15, -0.1) is 0 Å². The van der Waals surface area contributed by atoms with Gasteiger partial charge in [-0.25, -0.2) is 0 Å². The highest BCUT2D eigenvalue weighted by Crippen LogP contribution is 2.20. The highest BCUT2D eigenvalue weighted by Gasteiger charge is 2.00. The molecular weight excluding hydrogens is 180 g/mol. The lowest BCUT2D eigenvalue weighted by atomic mass is 9.98. The summed E-state index contributed by atoms with van der Waals surface area (Å²) in [6, 6.07) is 4.45. The third-order valence-corrected chi connectivity index (χ3v) is 2.88. The van der Waals surface area contributed by atoms with Crippen molar-refractivity contribution >= 4 is 12.2 Å². The van der Waals surface area contributed by atoms with E-state index >= 15 is 0 Å². The first-order valence-electron chi connectivity index (χ1n) is 5.49. The second kappa shape index (κ2) is 4.97. The van der Waals surface area contributed by atoms with Gasteiger partial charge in [-0.3, -0.25) is 0 Å². The van der Waals surface area contributed by atoms with E-state index in [4.69, 9.17) is 0 Å². The average molecular weight is 200 g/mol. The van der Waals surface area contributed by atoms with Gasteiger partial charge in [0.25, 0.3) is 0 Å². The molecule has 0 radical (unpaired) electrons. The van der Waals surface area contributed by atoms with Gasteiger partial charge in [-0.05, 0) is 49.4 Å². The Morgan fingerprint density at radius 3 is 2.20 bits per heavy atom. The Morgan fingerprint density at radius 1 is 1.20 bits per heavy atom. The Labute approximate surface area is 93.3 Å². The highest BCUT2D eigenvalue weighted by molar-refractivity contribution is 5.67. The molecule has 0 unspecified atom stereocenters. The molecule has 15 heavy (non-hydrogen) atoms. The maximum atomic E-state index is 3.87. The number of hydrogen-bond acceptors (Lipinski definition) is 0. The van der Waals surface area contributed by atoms with E-state index in [1.54, 1.807) is 0 Å². The summed E-state index contributed by atoms with van der Waals surface area (Å²) in [5, 5.41) is 0. The topological polar surface area (TPSA) is 0 Å². The van der Waals surface area contributed by atoms with Crippen molar-refractivity contribution in [3.8, 4) is 0 Å². The number of hydrogen-bond donors (Lipinski definition) is 0. The van der Waals surface area contributed by atoms with Crippen molar-refractivity contribution in [2.45, 2.75) is 34.1 Å². The van der Waals surface area contributed by atoms with Gasteiger partial charge in [0.2, 0.25) is 0 Å². The maximum Gasteiger partial charge on any atom is -0.0182 e. The van der Waals surface area contributed by atoms with Crippen LogP contribution in [0.1, 0.15) is 42.5 Å². The van der Waals surface area contributed by atoms with Gasteiger partial charge < -0.3 is 0 Å². The molecule has 0 aliphatic carbocycles. The van der Waals surface area contributed by atoms with Crippen LogP contribution >= 0.6 is 0 Å². The van der Waals surface area contributed by atoms with E-state index in [1.807, 2.05) is 6.08 Å². The molecule has 0 spiro atoms. The second-order valence-electron chi connectivity index (χ2n) is 4.11. The van der Waals surface area contributed by atoms with Crippen LogP contribution in [0.5, 0.6) is 0 Å². The quantitative estimate of drug-likeness (QED) is 0.660. The SMILES string of the molecule is C=Cc1cc(C)c(C)cc1/C=C(/C)CC. The van der Waals surface area contributed by atoms with Crippen molar-refractivity contribution in [2.75, 3.05) is 0 Å². The fourth-order valence-electron chi connectivity index (χ4n) is 1.53. The molecule has 0 fully saturated rings. The standard InChI is InChI=1S/C15H20/c1-6-11(3)8-15-10-13(5)12(4)9-14(15)7-2/h7-10H,2,6H2,1,3-5H3/b11-8-. The lowest BCUT2D eigenvalue weighted by Gasteiger charge is -2.07. The Hall–Kier alpha value is -1.30. The van der Waals surface area contributed by atoms with Gasteiger partial charge in [0.1, 0.15) is 0 Å². The molecule has 0 aromatic heterocycles. The lowest BCUT2D eigenvalue weighted by molar-refractivity contribution is 1.11. The number of aryl methyl sites for hydroxylation is 2. The summed E-state index contributed by atoms with van der Waals surface area (Å²) >= 11 is 0. The predicted octanol–water partition coefficient (Wildman–Crippen LogP) is 4.76. The molecule has 80 valence electrons. The smallest absolute Gasteiger partial charge is 0.0182 e. The molecule has 1 aromatic carbocycles. The third-order valence-electron chi connectivity index (χ3n) is 2.88. The molecule has 0 amide bonds. The minimum Gasteiger partial charge on any atom is -0.0984 e. The second-order valence-corrected chi connectivity index (χ2v) is 4.11. The van der Waals surface area contributed by atoms with Gasteiger partial charge in [-0.2, -0.15) is 0 Å². The van der Waals surface area contributed by atoms with Crippen molar-refractivity contribution in [3.63, 3.8) is 0 Å². The van der Waals surface area contributed by atoms with E-state index in [9.17, 15) is 0 Å². The molecule has 0 heterocycles. The maximum absolute atomic E-state index is 3.87. The minimum absolute atomic E-state index is 1.10. The largest absolute Gasteiger partial charge is 0.0984 e. The van der Waals surface area contributed by atoms with E-state index in [1.165, 1.54) is 27.8 Å². The van der Waals surface area contributed by atoms with Gasteiger partial charge in [0.15, 0.2) is 0 Å². The fourth-order valence-corrected chi connectivity index (χ4v) is 1.53. The Morgan fingerprint density at radius 2 is 1.73 bits per heavy atom. The monoisotopic (exact) mass is 200 g/mol. The zero-order valence-electron chi connectivity index (χ0n) is 10.2. The third kappa shape index (κ3) is 2.82. The minimum atomic E-state index is 1.10. The van der Waals surface area contributed by atoms with Crippen LogP contribution in [-0.2, 0) is 0 Å². The summed E-state index contributed by atoms with van der Waals surface area (Å²) in [5.41, 5.74) is 6.59. The Balaban J connectivity index is 3.28. The van der Waals surface area contributed by atoms with Crippen LogP contribution < -0.4 is 0 Å². The molecule has 0 atom stereocenters. The predicted molar refractivity (Wildman–Crippen MR) is 69.9 cm³/mol. The van der Waals surface area contributed by atoms with E-state index in [-0.39, 0.29) is 0 Å². The molecule has 1 aromatic rings. The van der Waals surface area contributed by atoms with Crippen molar-refractivity contribution in [2.24, 2.45) is 0 Å². The van der Waals surface area contributed by atoms with E-state index in [0.717, 1.165) is 6.42 Å². The normalized spacial score (nSPS) is 11.6. The molecule has 0 N–H and O–H groups in total. The molecule has 0 aliphatic heterocycles. The zero-order valence-corrected chi connectivity index (χ0v) is 10.2. The van der Waals surface area contributed by atoms with Crippen LogP contribution in [0.4, 0.5) is 0 Å². The molecule has 0 bridgehead atoms. The summed E-state index contributed by atoms with van der Waals surface area (Å²) in [6.45, 7) is 12.5. The van der Waals surface area contributed by atoms with Crippen molar-refractivity contribution in [3.05, 3.63) is 46.5 Å².